The van der Waals surface area contributed by atoms with Crippen LogP contribution in [0.5, 0.6) is 0 Å². The van der Waals surface area contributed by atoms with Crippen LogP contribution in [-0.4, -0.2) is 6.04 Å². The summed E-state index contributed by atoms with van der Waals surface area (Å²) in [6, 6.07) is 4.21. The van der Waals surface area contributed by atoms with E-state index in [9.17, 15) is 4.39 Å². The molecular weight excluding hydrogens is 167 g/mol. The molecular formula is C10H15FN2. The van der Waals surface area contributed by atoms with Crippen molar-refractivity contribution < 1.29 is 4.39 Å². The standard InChI is InChI=1S/C10H15FN2/c1-6-3-4-9(11)8(5-6)10(13)7(2)12/h3-5,7,10H,12-13H2,1-2H3. The molecule has 0 amide bonds. The lowest BCUT2D eigenvalue weighted by Crippen LogP contribution is -2.31. The van der Waals surface area contributed by atoms with Gasteiger partial charge in [-0.15, -0.1) is 0 Å². The molecule has 0 spiro atoms. The summed E-state index contributed by atoms with van der Waals surface area (Å²) < 4.78 is 13.2. The molecule has 0 aliphatic rings. The van der Waals surface area contributed by atoms with Crippen molar-refractivity contribution in [2.45, 2.75) is 25.9 Å². The molecule has 0 fully saturated rings. The largest absolute Gasteiger partial charge is 0.326 e. The molecule has 0 saturated heterocycles. The van der Waals surface area contributed by atoms with Gasteiger partial charge in [-0.05, 0) is 19.9 Å². The van der Waals surface area contributed by atoms with Crippen LogP contribution >= 0.6 is 0 Å². The molecule has 3 heteroatoms. The summed E-state index contributed by atoms with van der Waals surface area (Å²) in [5.41, 5.74) is 12.8. The first kappa shape index (κ1) is 10.2. The minimum absolute atomic E-state index is 0.240. The maximum Gasteiger partial charge on any atom is 0.128 e. The van der Waals surface area contributed by atoms with Crippen molar-refractivity contribution in [3.05, 3.63) is 35.1 Å². The average Bonchev–Trinajstić information content (AvgIpc) is 2.08. The number of aryl methyl sites for hydroxylation is 1. The van der Waals surface area contributed by atoms with Gasteiger partial charge in [0.1, 0.15) is 5.82 Å². The van der Waals surface area contributed by atoms with Crippen molar-refractivity contribution in [1.29, 1.82) is 0 Å². The topological polar surface area (TPSA) is 52.0 Å². The van der Waals surface area contributed by atoms with Crippen LogP contribution in [0.4, 0.5) is 4.39 Å². The summed E-state index contributed by atoms with van der Waals surface area (Å²) in [4.78, 5) is 0. The summed E-state index contributed by atoms with van der Waals surface area (Å²) in [6.45, 7) is 3.67. The second-order valence-corrected chi connectivity index (χ2v) is 3.41. The minimum atomic E-state index is -0.431. The molecule has 72 valence electrons. The van der Waals surface area contributed by atoms with Gasteiger partial charge in [0.25, 0.3) is 0 Å². The first-order valence-corrected chi connectivity index (χ1v) is 4.29. The Morgan fingerprint density at radius 3 is 2.46 bits per heavy atom. The zero-order valence-corrected chi connectivity index (χ0v) is 7.92. The zero-order valence-electron chi connectivity index (χ0n) is 7.92. The Balaban J connectivity index is 3.05. The van der Waals surface area contributed by atoms with Crippen molar-refractivity contribution in [3.63, 3.8) is 0 Å². The van der Waals surface area contributed by atoms with Gasteiger partial charge in [0, 0.05) is 17.6 Å². The van der Waals surface area contributed by atoms with E-state index in [-0.39, 0.29) is 11.9 Å². The lowest BCUT2D eigenvalue weighted by Gasteiger charge is -2.17. The number of rotatable bonds is 2. The van der Waals surface area contributed by atoms with E-state index in [0.717, 1.165) is 5.56 Å². The van der Waals surface area contributed by atoms with E-state index in [1.807, 2.05) is 6.92 Å². The molecule has 13 heavy (non-hydrogen) atoms. The Morgan fingerprint density at radius 1 is 1.31 bits per heavy atom. The van der Waals surface area contributed by atoms with Gasteiger partial charge in [0.15, 0.2) is 0 Å². The predicted octanol–water partition coefficient (Wildman–Crippen LogP) is 1.48. The van der Waals surface area contributed by atoms with Gasteiger partial charge < -0.3 is 11.5 Å². The van der Waals surface area contributed by atoms with Crippen LogP contribution in [-0.2, 0) is 0 Å². The quantitative estimate of drug-likeness (QED) is 0.728. The first-order valence-electron chi connectivity index (χ1n) is 4.29. The SMILES string of the molecule is Cc1ccc(F)c(C(N)C(C)N)c1. The highest BCUT2D eigenvalue weighted by Gasteiger charge is 2.14. The van der Waals surface area contributed by atoms with E-state index >= 15 is 0 Å². The normalized spacial score (nSPS) is 15.5. The molecule has 0 aromatic heterocycles. The Hall–Kier alpha value is -0.930. The summed E-state index contributed by atoms with van der Waals surface area (Å²) in [6.07, 6.45) is 0. The highest BCUT2D eigenvalue weighted by Crippen LogP contribution is 2.18. The highest BCUT2D eigenvalue weighted by atomic mass is 19.1. The van der Waals surface area contributed by atoms with Gasteiger partial charge in [-0.3, -0.25) is 0 Å². The van der Waals surface area contributed by atoms with Crippen LogP contribution in [0.3, 0.4) is 0 Å². The number of halogens is 1. The van der Waals surface area contributed by atoms with E-state index in [1.165, 1.54) is 6.07 Å². The molecule has 1 aromatic rings. The zero-order chi connectivity index (χ0) is 10.0. The lowest BCUT2D eigenvalue weighted by atomic mass is 10.00. The fourth-order valence-electron chi connectivity index (χ4n) is 1.20. The fraction of sp³-hybridized carbons (Fsp3) is 0.400. The Labute approximate surface area is 77.7 Å². The van der Waals surface area contributed by atoms with Crippen molar-refractivity contribution in [3.8, 4) is 0 Å². The summed E-state index contributed by atoms with van der Waals surface area (Å²) in [5, 5.41) is 0. The molecule has 2 atom stereocenters. The lowest BCUT2D eigenvalue weighted by molar-refractivity contribution is 0.535. The first-order chi connectivity index (χ1) is 6.02. The molecule has 1 rings (SSSR count). The predicted molar refractivity (Wildman–Crippen MR) is 51.7 cm³/mol. The number of hydrogen-bond acceptors (Lipinski definition) is 2. The Bertz CT molecular complexity index is 297. The van der Waals surface area contributed by atoms with Crippen LogP contribution in [0.2, 0.25) is 0 Å². The van der Waals surface area contributed by atoms with Crippen LogP contribution in [0.15, 0.2) is 18.2 Å². The smallest absolute Gasteiger partial charge is 0.128 e. The number of benzene rings is 1. The summed E-state index contributed by atoms with van der Waals surface area (Å²) in [5.74, 6) is -0.282. The van der Waals surface area contributed by atoms with E-state index in [1.54, 1.807) is 19.1 Å². The van der Waals surface area contributed by atoms with E-state index in [4.69, 9.17) is 11.5 Å². The minimum Gasteiger partial charge on any atom is -0.326 e. The van der Waals surface area contributed by atoms with Crippen molar-refractivity contribution in [2.24, 2.45) is 11.5 Å². The third-order valence-electron chi connectivity index (χ3n) is 2.08. The van der Waals surface area contributed by atoms with Crippen LogP contribution in [0.1, 0.15) is 24.1 Å². The summed E-state index contributed by atoms with van der Waals surface area (Å²) >= 11 is 0. The van der Waals surface area contributed by atoms with E-state index in [2.05, 4.69) is 0 Å². The highest BCUT2D eigenvalue weighted by molar-refractivity contribution is 5.27. The van der Waals surface area contributed by atoms with Gasteiger partial charge in [0.2, 0.25) is 0 Å². The van der Waals surface area contributed by atoms with Gasteiger partial charge in [-0.2, -0.15) is 0 Å². The average molecular weight is 182 g/mol. The van der Waals surface area contributed by atoms with Crippen molar-refractivity contribution in [2.75, 3.05) is 0 Å². The third kappa shape index (κ3) is 2.26. The van der Waals surface area contributed by atoms with E-state index in [0.29, 0.717) is 5.56 Å². The summed E-state index contributed by atoms with van der Waals surface area (Å²) in [7, 11) is 0. The molecule has 0 aliphatic carbocycles. The van der Waals surface area contributed by atoms with Crippen LogP contribution in [0.25, 0.3) is 0 Å². The second kappa shape index (κ2) is 3.85. The molecule has 2 nitrogen and oxygen atoms in total. The Kier molecular flexibility index (Phi) is 3.01. The molecule has 4 N–H and O–H groups in total. The Morgan fingerprint density at radius 2 is 1.92 bits per heavy atom. The fourth-order valence-corrected chi connectivity index (χ4v) is 1.20. The van der Waals surface area contributed by atoms with Gasteiger partial charge in [-0.25, -0.2) is 4.39 Å². The maximum absolute atomic E-state index is 13.2. The molecule has 2 unspecified atom stereocenters. The van der Waals surface area contributed by atoms with Crippen LogP contribution in [0, 0.1) is 12.7 Å². The molecule has 0 saturated carbocycles. The number of nitrogens with two attached hydrogens (primary N) is 2. The second-order valence-electron chi connectivity index (χ2n) is 3.41. The van der Waals surface area contributed by atoms with Crippen molar-refractivity contribution in [1.82, 2.24) is 0 Å². The maximum atomic E-state index is 13.2. The van der Waals surface area contributed by atoms with Gasteiger partial charge in [-0.1, -0.05) is 17.7 Å². The molecule has 1 aromatic carbocycles. The van der Waals surface area contributed by atoms with Gasteiger partial charge >= 0.3 is 0 Å². The molecule has 0 bridgehead atoms. The van der Waals surface area contributed by atoms with Crippen molar-refractivity contribution >= 4 is 0 Å². The molecule has 0 heterocycles. The molecule has 0 radical (unpaired) electrons. The van der Waals surface area contributed by atoms with E-state index < -0.39 is 6.04 Å². The van der Waals surface area contributed by atoms with Gasteiger partial charge in [0.05, 0.1) is 0 Å². The number of hydrogen-bond donors (Lipinski definition) is 2. The molecule has 0 aliphatic heterocycles. The van der Waals surface area contributed by atoms with Crippen LogP contribution < -0.4 is 11.5 Å². The third-order valence-corrected chi connectivity index (χ3v) is 2.08. The monoisotopic (exact) mass is 182 g/mol.